The summed E-state index contributed by atoms with van der Waals surface area (Å²) in [6, 6.07) is 12.7. The lowest BCUT2D eigenvalue weighted by atomic mass is 10.2. The van der Waals surface area contributed by atoms with Crippen molar-refractivity contribution in [3.05, 3.63) is 42.5 Å². The average Bonchev–Trinajstić information content (AvgIpc) is 3.22. The molecule has 0 unspecified atom stereocenters. The van der Waals surface area contributed by atoms with E-state index in [4.69, 9.17) is 14.2 Å². The van der Waals surface area contributed by atoms with Crippen LogP contribution in [0.5, 0.6) is 17.2 Å². The number of fused-ring (bicyclic) bond motifs is 1. The van der Waals surface area contributed by atoms with Gasteiger partial charge < -0.3 is 19.5 Å². The van der Waals surface area contributed by atoms with Gasteiger partial charge in [0.2, 0.25) is 11.1 Å². The van der Waals surface area contributed by atoms with Crippen LogP contribution in [0, 0.1) is 0 Å². The second-order valence-corrected chi connectivity index (χ2v) is 6.94. The highest BCUT2D eigenvalue weighted by atomic mass is 32.2. The number of hydrogen-bond acceptors (Lipinski definition) is 8. The molecule has 10 heteroatoms. The van der Waals surface area contributed by atoms with Crippen molar-refractivity contribution in [1.82, 2.24) is 20.2 Å². The summed E-state index contributed by atoms with van der Waals surface area (Å²) in [7, 11) is 0. The van der Waals surface area contributed by atoms with Crippen LogP contribution in [0.25, 0.3) is 5.69 Å². The van der Waals surface area contributed by atoms with Gasteiger partial charge in [-0.1, -0.05) is 11.8 Å². The van der Waals surface area contributed by atoms with E-state index >= 15 is 0 Å². The van der Waals surface area contributed by atoms with Crippen LogP contribution >= 0.6 is 11.8 Å². The highest BCUT2D eigenvalue weighted by molar-refractivity contribution is 7.99. The van der Waals surface area contributed by atoms with E-state index in [1.54, 1.807) is 16.8 Å². The maximum atomic E-state index is 12.3. The Morgan fingerprint density at radius 3 is 2.76 bits per heavy atom. The van der Waals surface area contributed by atoms with E-state index in [-0.39, 0.29) is 11.7 Å². The maximum Gasteiger partial charge on any atom is 0.234 e. The van der Waals surface area contributed by atoms with Gasteiger partial charge in [-0.15, -0.1) is 5.10 Å². The lowest BCUT2D eigenvalue weighted by Gasteiger charge is -2.18. The fraction of sp³-hybridized carbons (Fsp3) is 0.263. The first-order valence-corrected chi connectivity index (χ1v) is 10.1. The zero-order chi connectivity index (χ0) is 20.1. The van der Waals surface area contributed by atoms with Gasteiger partial charge in [0.05, 0.1) is 18.0 Å². The number of benzene rings is 2. The van der Waals surface area contributed by atoms with Crippen molar-refractivity contribution in [2.75, 3.05) is 30.9 Å². The number of rotatable bonds is 7. The number of amides is 1. The van der Waals surface area contributed by atoms with E-state index in [0.717, 1.165) is 11.4 Å². The fourth-order valence-electron chi connectivity index (χ4n) is 2.72. The van der Waals surface area contributed by atoms with Crippen LogP contribution in [0.2, 0.25) is 0 Å². The molecule has 0 fully saturated rings. The molecule has 0 radical (unpaired) electrons. The summed E-state index contributed by atoms with van der Waals surface area (Å²) in [6.45, 7) is 3.55. The molecule has 0 atom stereocenters. The van der Waals surface area contributed by atoms with Crippen molar-refractivity contribution in [1.29, 1.82) is 0 Å². The number of nitrogens with one attached hydrogen (secondary N) is 1. The Kier molecular flexibility index (Phi) is 5.80. The van der Waals surface area contributed by atoms with Gasteiger partial charge in [-0.05, 0) is 53.7 Å². The van der Waals surface area contributed by atoms with Gasteiger partial charge in [0.15, 0.2) is 11.5 Å². The van der Waals surface area contributed by atoms with Crippen LogP contribution in [0.15, 0.2) is 47.6 Å². The van der Waals surface area contributed by atoms with E-state index < -0.39 is 0 Å². The summed E-state index contributed by atoms with van der Waals surface area (Å²) in [5.41, 5.74) is 1.43. The summed E-state index contributed by atoms with van der Waals surface area (Å²) in [5.74, 6) is 2.11. The van der Waals surface area contributed by atoms with Crippen molar-refractivity contribution in [3.63, 3.8) is 0 Å². The van der Waals surface area contributed by atoms with Crippen LogP contribution in [0.3, 0.4) is 0 Å². The Balaban J connectivity index is 1.38. The summed E-state index contributed by atoms with van der Waals surface area (Å²) in [4.78, 5) is 12.3. The quantitative estimate of drug-likeness (QED) is 0.590. The Morgan fingerprint density at radius 1 is 1.17 bits per heavy atom. The Labute approximate surface area is 171 Å². The van der Waals surface area contributed by atoms with E-state index in [1.165, 1.54) is 11.8 Å². The summed E-state index contributed by atoms with van der Waals surface area (Å²) >= 11 is 1.24. The molecule has 9 nitrogen and oxygen atoms in total. The van der Waals surface area contributed by atoms with E-state index in [0.29, 0.717) is 42.2 Å². The van der Waals surface area contributed by atoms with Crippen molar-refractivity contribution in [3.8, 4) is 22.9 Å². The molecule has 3 aromatic rings. The van der Waals surface area contributed by atoms with Gasteiger partial charge in [0.1, 0.15) is 19.0 Å². The zero-order valence-corrected chi connectivity index (χ0v) is 16.5. The van der Waals surface area contributed by atoms with Gasteiger partial charge in [-0.2, -0.15) is 4.68 Å². The number of thioether (sulfide) groups is 1. The van der Waals surface area contributed by atoms with Gasteiger partial charge in [-0.3, -0.25) is 4.79 Å². The monoisotopic (exact) mass is 413 g/mol. The third-order valence-corrected chi connectivity index (χ3v) is 4.91. The molecule has 1 aromatic heterocycles. The molecule has 1 N–H and O–H groups in total. The smallest absolute Gasteiger partial charge is 0.234 e. The summed E-state index contributed by atoms with van der Waals surface area (Å²) in [5, 5.41) is 15.1. The van der Waals surface area contributed by atoms with Crippen molar-refractivity contribution in [2.24, 2.45) is 0 Å². The molecule has 1 amide bonds. The molecule has 29 heavy (non-hydrogen) atoms. The zero-order valence-electron chi connectivity index (χ0n) is 15.7. The summed E-state index contributed by atoms with van der Waals surface area (Å²) < 4.78 is 18.1. The SMILES string of the molecule is CCOc1ccc(NC(=O)CSc2nnnn2-c2ccc3c(c2)OCCO3)cc1. The van der Waals surface area contributed by atoms with Gasteiger partial charge in [0.25, 0.3) is 0 Å². The van der Waals surface area contributed by atoms with E-state index in [1.807, 2.05) is 37.3 Å². The topological polar surface area (TPSA) is 100 Å². The molecule has 0 saturated carbocycles. The average molecular weight is 413 g/mol. The van der Waals surface area contributed by atoms with Crippen LogP contribution in [0.4, 0.5) is 5.69 Å². The highest BCUT2D eigenvalue weighted by Crippen LogP contribution is 2.32. The first-order valence-electron chi connectivity index (χ1n) is 9.07. The van der Waals surface area contributed by atoms with Crippen LogP contribution < -0.4 is 19.5 Å². The largest absolute Gasteiger partial charge is 0.494 e. The molecule has 150 valence electrons. The molecule has 4 rings (SSSR count). The number of nitrogens with zero attached hydrogens (tertiary/aromatic N) is 4. The minimum absolute atomic E-state index is 0.157. The Hall–Kier alpha value is -3.27. The first kappa shape index (κ1) is 19.1. The molecule has 2 heterocycles. The number of tetrazole rings is 1. The number of aromatic nitrogens is 4. The number of carbonyl (C=O) groups is 1. The fourth-order valence-corrected chi connectivity index (χ4v) is 3.41. The molecule has 0 bridgehead atoms. The maximum absolute atomic E-state index is 12.3. The molecule has 1 aliphatic heterocycles. The van der Waals surface area contributed by atoms with Crippen molar-refractivity contribution >= 4 is 23.4 Å². The second kappa shape index (κ2) is 8.82. The van der Waals surface area contributed by atoms with Gasteiger partial charge >= 0.3 is 0 Å². The lowest BCUT2D eigenvalue weighted by molar-refractivity contribution is -0.113. The van der Waals surface area contributed by atoms with Crippen molar-refractivity contribution in [2.45, 2.75) is 12.1 Å². The third kappa shape index (κ3) is 4.60. The van der Waals surface area contributed by atoms with Crippen LogP contribution in [-0.2, 0) is 4.79 Å². The number of carbonyl (C=O) groups excluding carboxylic acids is 1. The predicted molar refractivity (Wildman–Crippen MR) is 107 cm³/mol. The predicted octanol–water partition coefficient (Wildman–Crippen LogP) is 2.56. The molecule has 2 aromatic carbocycles. The molecule has 1 aliphatic rings. The molecule has 0 spiro atoms. The standard InChI is InChI=1S/C19H19N5O4S/c1-2-26-15-6-3-13(4-7-15)20-18(25)12-29-19-21-22-23-24(19)14-5-8-16-17(11-14)28-10-9-27-16/h3-8,11H,2,9-10,12H2,1H3,(H,20,25). The molecular weight excluding hydrogens is 394 g/mol. The Bertz CT molecular complexity index is 993. The minimum Gasteiger partial charge on any atom is -0.494 e. The van der Waals surface area contributed by atoms with E-state index in [9.17, 15) is 4.79 Å². The minimum atomic E-state index is -0.157. The number of anilines is 1. The number of ether oxygens (including phenoxy) is 3. The van der Waals surface area contributed by atoms with E-state index in [2.05, 4.69) is 20.8 Å². The lowest BCUT2D eigenvalue weighted by Crippen LogP contribution is -2.16. The van der Waals surface area contributed by atoms with Gasteiger partial charge in [0, 0.05) is 11.8 Å². The van der Waals surface area contributed by atoms with Crippen LogP contribution in [-0.4, -0.2) is 51.7 Å². The van der Waals surface area contributed by atoms with Crippen molar-refractivity contribution < 1.29 is 19.0 Å². The molecular formula is C19H19N5O4S. The van der Waals surface area contributed by atoms with Gasteiger partial charge in [-0.25, -0.2) is 0 Å². The molecule has 0 aliphatic carbocycles. The summed E-state index contributed by atoms with van der Waals surface area (Å²) in [6.07, 6.45) is 0. The normalized spacial score (nSPS) is 12.4. The molecule has 0 saturated heterocycles. The second-order valence-electron chi connectivity index (χ2n) is 6.00. The van der Waals surface area contributed by atoms with Crippen LogP contribution in [0.1, 0.15) is 6.92 Å². The number of hydrogen-bond donors (Lipinski definition) is 1. The Morgan fingerprint density at radius 2 is 1.97 bits per heavy atom. The third-order valence-electron chi connectivity index (χ3n) is 3.99. The highest BCUT2D eigenvalue weighted by Gasteiger charge is 2.16. The first-order chi connectivity index (χ1) is 14.2.